The molecule has 1 aromatic carbocycles. The highest BCUT2D eigenvalue weighted by molar-refractivity contribution is 6.30. The lowest BCUT2D eigenvalue weighted by atomic mass is 9.84. The number of carbonyl (C=O) groups is 1. The Bertz CT molecular complexity index is 1050. The summed E-state index contributed by atoms with van der Waals surface area (Å²) in [4.78, 5) is 26.5. The molecule has 1 saturated heterocycles. The zero-order valence-corrected chi connectivity index (χ0v) is 16.4. The first-order valence-electron chi connectivity index (χ1n) is 9.33. The highest BCUT2D eigenvalue weighted by atomic mass is 35.5. The molecule has 0 aliphatic carbocycles. The van der Waals surface area contributed by atoms with E-state index in [2.05, 4.69) is 5.10 Å². The number of aliphatic hydroxyl groups is 1. The molecule has 4 rings (SSSR count). The van der Waals surface area contributed by atoms with E-state index in [0.29, 0.717) is 42.4 Å². The minimum Gasteiger partial charge on any atom is -0.463 e. The van der Waals surface area contributed by atoms with Gasteiger partial charge in [-0.05, 0) is 48.7 Å². The van der Waals surface area contributed by atoms with Crippen molar-refractivity contribution in [1.29, 1.82) is 0 Å². The average molecular weight is 414 g/mol. The molecule has 0 radical (unpaired) electrons. The van der Waals surface area contributed by atoms with Crippen LogP contribution in [-0.4, -0.2) is 38.8 Å². The van der Waals surface area contributed by atoms with E-state index in [-0.39, 0.29) is 18.0 Å². The summed E-state index contributed by atoms with van der Waals surface area (Å²) in [6.07, 6.45) is 2.34. The van der Waals surface area contributed by atoms with Crippen molar-refractivity contribution in [3.63, 3.8) is 0 Å². The summed E-state index contributed by atoms with van der Waals surface area (Å²) in [5, 5.41) is 15.8. The van der Waals surface area contributed by atoms with E-state index >= 15 is 0 Å². The van der Waals surface area contributed by atoms with Gasteiger partial charge in [0.2, 0.25) is 5.91 Å². The molecule has 1 aliphatic heterocycles. The van der Waals surface area contributed by atoms with E-state index in [0.717, 1.165) is 10.2 Å². The molecule has 3 heterocycles. The number of aromatic nitrogens is 2. The fourth-order valence-electron chi connectivity index (χ4n) is 3.52. The van der Waals surface area contributed by atoms with Gasteiger partial charge in [-0.1, -0.05) is 23.7 Å². The molecule has 1 aliphatic rings. The first-order chi connectivity index (χ1) is 13.9. The lowest BCUT2D eigenvalue weighted by Gasteiger charge is -2.38. The molecule has 0 spiro atoms. The van der Waals surface area contributed by atoms with Crippen LogP contribution in [0.1, 0.15) is 18.4 Å². The number of nitrogens with zero attached hydrogens (tertiary/aromatic N) is 3. The Kier molecular flexibility index (Phi) is 5.25. The van der Waals surface area contributed by atoms with Crippen LogP contribution in [0.5, 0.6) is 0 Å². The largest absolute Gasteiger partial charge is 0.463 e. The second-order valence-corrected chi connectivity index (χ2v) is 7.55. The first-order valence-corrected chi connectivity index (χ1v) is 9.71. The Morgan fingerprint density at radius 3 is 2.52 bits per heavy atom. The molecule has 29 heavy (non-hydrogen) atoms. The smallest absolute Gasteiger partial charge is 0.267 e. The minimum atomic E-state index is -0.990. The number of likely N-dealkylation sites (tertiary alicyclic amines) is 1. The van der Waals surface area contributed by atoms with Gasteiger partial charge in [-0.15, -0.1) is 0 Å². The average Bonchev–Trinajstić information content (AvgIpc) is 3.25. The standard InChI is InChI=1S/C21H20ClN3O4/c22-16-5-3-15(4-6-16)21(28)9-11-24(12-10-21)20(27)14-25-19(26)8-7-17(23-25)18-2-1-13-29-18/h1-8,13,28H,9-12,14H2. The Balaban J connectivity index is 1.43. The first kappa shape index (κ1) is 19.4. The predicted molar refractivity (Wildman–Crippen MR) is 107 cm³/mol. The molecule has 0 bridgehead atoms. The molecule has 1 N–H and O–H groups in total. The summed E-state index contributed by atoms with van der Waals surface area (Å²) in [7, 11) is 0. The van der Waals surface area contributed by atoms with Gasteiger partial charge < -0.3 is 14.4 Å². The third-order valence-electron chi connectivity index (χ3n) is 5.25. The molecule has 0 unspecified atom stereocenters. The molecule has 0 saturated carbocycles. The molecular weight excluding hydrogens is 394 g/mol. The molecule has 3 aromatic rings. The second kappa shape index (κ2) is 7.85. The Morgan fingerprint density at radius 1 is 1.14 bits per heavy atom. The van der Waals surface area contributed by atoms with Gasteiger partial charge in [0.1, 0.15) is 12.2 Å². The summed E-state index contributed by atoms with van der Waals surface area (Å²) >= 11 is 5.92. The molecule has 2 aromatic heterocycles. The Labute approximate surface area is 172 Å². The summed E-state index contributed by atoms with van der Waals surface area (Å²) in [5.74, 6) is 0.312. The third-order valence-corrected chi connectivity index (χ3v) is 5.50. The van der Waals surface area contributed by atoms with Crippen LogP contribution in [0.25, 0.3) is 11.5 Å². The van der Waals surface area contributed by atoms with E-state index < -0.39 is 5.60 Å². The highest BCUT2D eigenvalue weighted by Gasteiger charge is 2.35. The van der Waals surface area contributed by atoms with Gasteiger partial charge in [0.25, 0.3) is 5.56 Å². The van der Waals surface area contributed by atoms with E-state index in [1.54, 1.807) is 35.2 Å². The molecule has 8 heteroatoms. The number of furan rings is 1. The molecule has 1 fully saturated rings. The second-order valence-electron chi connectivity index (χ2n) is 7.11. The predicted octanol–water partition coefficient (Wildman–Crippen LogP) is 2.67. The van der Waals surface area contributed by atoms with Gasteiger partial charge in [-0.25, -0.2) is 4.68 Å². The van der Waals surface area contributed by atoms with Crippen LogP contribution in [0.15, 0.2) is 64.0 Å². The van der Waals surface area contributed by atoms with Gasteiger partial charge in [-0.3, -0.25) is 9.59 Å². The van der Waals surface area contributed by atoms with Gasteiger partial charge in [-0.2, -0.15) is 5.10 Å². The van der Waals surface area contributed by atoms with Gasteiger partial charge in [0.15, 0.2) is 5.76 Å². The highest BCUT2D eigenvalue weighted by Crippen LogP contribution is 2.33. The summed E-state index contributed by atoms with van der Waals surface area (Å²) in [6, 6.07) is 13.5. The van der Waals surface area contributed by atoms with Crippen molar-refractivity contribution in [3.8, 4) is 11.5 Å². The van der Waals surface area contributed by atoms with Crippen molar-refractivity contribution < 1.29 is 14.3 Å². The summed E-state index contributed by atoms with van der Waals surface area (Å²) in [5.41, 5.74) is -0.0742. The molecule has 0 atom stereocenters. The van der Waals surface area contributed by atoms with Crippen LogP contribution in [0, 0.1) is 0 Å². The van der Waals surface area contributed by atoms with Gasteiger partial charge in [0, 0.05) is 24.2 Å². The third kappa shape index (κ3) is 4.11. The van der Waals surface area contributed by atoms with Gasteiger partial charge >= 0.3 is 0 Å². The number of hydrogen-bond donors (Lipinski definition) is 1. The quantitative estimate of drug-likeness (QED) is 0.710. The van der Waals surface area contributed by atoms with E-state index in [1.807, 2.05) is 12.1 Å². The van der Waals surface area contributed by atoms with Crippen molar-refractivity contribution in [1.82, 2.24) is 14.7 Å². The molecular formula is C21H20ClN3O4. The monoisotopic (exact) mass is 413 g/mol. The van der Waals surface area contributed by atoms with Crippen molar-refractivity contribution >= 4 is 17.5 Å². The maximum Gasteiger partial charge on any atom is 0.267 e. The Morgan fingerprint density at radius 2 is 1.86 bits per heavy atom. The fourth-order valence-corrected chi connectivity index (χ4v) is 3.65. The normalized spacial score (nSPS) is 16.0. The van der Waals surface area contributed by atoms with E-state index in [1.165, 1.54) is 12.3 Å². The zero-order valence-electron chi connectivity index (χ0n) is 15.6. The van der Waals surface area contributed by atoms with Crippen LogP contribution in [0.2, 0.25) is 5.02 Å². The number of hydrogen-bond acceptors (Lipinski definition) is 5. The summed E-state index contributed by atoms with van der Waals surface area (Å²) in [6.45, 7) is 0.627. The van der Waals surface area contributed by atoms with Crippen LogP contribution in [-0.2, 0) is 16.9 Å². The van der Waals surface area contributed by atoms with Crippen molar-refractivity contribution in [2.45, 2.75) is 25.0 Å². The van der Waals surface area contributed by atoms with E-state index in [9.17, 15) is 14.7 Å². The van der Waals surface area contributed by atoms with Crippen molar-refractivity contribution in [3.05, 3.63) is 75.7 Å². The topological polar surface area (TPSA) is 88.6 Å². The Hall–Kier alpha value is -2.90. The lowest BCUT2D eigenvalue weighted by Crippen LogP contribution is -2.47. The van der Waals surface area contributed by atoms with Gasteiger partial charge in [0.05, 0.1) is 11.9 Å². The zero-order chi connectivity index (χ0) is 20.4. The number of amides is 1. The molecule has 1 amide bonds. The molecule has 150 valence electrons. The number of carbonyl (C=O) groups excluding carboxylic acids is 1. The molecule has 7 nitrogen and oxygen atoms in total. The number of halogens is 1. The number of benzene rings is 1. The van der Waals surface area contributed by atoms with Crippen LogP contribution >= 0.6 is 11.6 Å². The van der Waals surface area contributed by atoms with Crippen LogP contribution in [0.3, 0.4) is 0 Å². The van der Waals surface area contributed by atoms with Crippen LogP contribution < -0.4 is 5.56 Å². The maximum atomic E-state index is 12.7. The van der Waals surface area contributed by atoms with Crippen LogP contribution in [0.4, 0.5) is 0 Å². The lowest BCUT2D eigenvalue weighted by molar-refractivity contribution is -0.136. The van der Waals surface area contributed by atoms with E-state index in [4.69, 9.17) is 16.0 Å². The minimum absolute atomic E-state index is 0.160. The SMILES string of the molecule is O=C(Cn1nc(-c2ccco2)ccc1=O)N1CCC(O)(c2ccc(Cl)cc2)CC1. The van der Waals surface area contributed by atoms with Crippen molar-refractivity contribution in [2.75, 3.05) is 13.1 Å². The number of rotatable bonds is 4. The number of piperidine rings is 1. The summed E-state index contributed by atoms with van der Waals surface area (Å²) < 4.78 is 6.44. The maximum absolute atomic E-state index is 12.7. The fraction of sp³-hybridized carbons (Fsp3) is 0.286. The van der Waals surface area contributed by atoms with Crippen molar-refractivity contribution in [2.24, 2.45) is 0 Å².